The van der Waals surface area contributed by atoms with Crippen LogP contribution in [0.4, 0.5) is 5.69 Å². The van der Waals surface area contributed by atoms with Gasteiger partial charge < -0.3 is 24.3 Å². The van der Waals surface area contributed by atoms with E-state index in [1.165, 1.54) is 27.5 Å². The SMILES string of the molecule is COC(=O)C1=C(OC)C(OC)=C(C#N)/C1=C\Nc1ccc(OC)cc1. The number of benzene rings is 1. The molecule has 0 aromatic heterocycles. The molecule has 0 radical (unpaired) electrons. The van der Waals surface area contributed by atoms with Crippen LogP contribution in [0.25, 0.3) is 0 Å². The zero-order valence-corrected chi connectivity index (χ0v) is 14.4. The number of carbonyl (C=O) groups is 1. The average molecular weight is 342 g/mol. The minimum absolute atomic E-state index is 0.124. The number of hydrogen-bond acceptors (Lipinski definition) is 7. The van der Waals surface area contributed by atoms with Crippen LogP contribution in [0.15, 0.2) is 58.7 Å². The van der Waals surface area contributed by atoms with Crippen molar-refractivity contribution in [1.82, 2.24) is 0 Å². The fourth-order valence-corrected chi connectivity index (χ4v) is 2.39. The number of ether oxygens (including phenoxy) is 4. The summed E-state index contributed by atoms with van der Waals surface area (Å²) in [6, 6.07) is 9.22. The van der Waals surface area contributed by atoms with Crippen molar-refractivity contribution in [3.63, 3.8) is 0 Å². The van der Waals surface area contributed by atoms with Crippen molar-refractivity contribution in [2.45, 2.75) is 0 Å². The van der Waals surface area contributed by atoms with E-state index in [0.29, 0.717) is 5.57 Å². The highest BCUT2D eigenvalue weighted by molar-refractivity contribution is 5.99. The third-order valence-corrected chi connectivity index (χ3v) is 3.58. The predicted octanol–water partition coefficient (Wildman–Crippen LogP) is 2.50. The van der Waals surface area contributed by atoms with Crippen LogP contribution in [-0.4, -0.2) is 34.4 Å². The highest BCUT2D eigenvalue weighted by atomic mass is 16.5. The molecule has 1 aromatic rings. The van der Waals surface area contributed by atoms with Gasteiger partial charge in [-0.3, -0.25) is 0 Å². The van der Waals surface area contributed by atoms with E-state index < -0.39 is 5.97 Å². The monoisotopic (exact) mass is 342 g/mol. The van der Waals surface area contributed by atoms with E-state index in [0.717, 1.165) is 11.4 Å². The minimum Gasteiger partial charge on any atom is -0.497 e. The Bertz CT molecular complexity index is 798. The second-order valence-electron chi connectivity index (χ2n) is 4.85. The van der Waals surface area contributed by atoms with Gasteiger partial charge in [-0.1, -0.05) is 0 Å². The third-order valence-electron chi connectivity index (χ3n) is 3.58. The van der Waals surface area contributed by atoms with E-state index in [2.05, 4.69) is 5.32 Å². The van der Waals surface area contributed by atoms with Gasteiger partial charge in [0.25, 0.3) is 0 Å². The second kappa shape index (κ2) is 7.93. The Morgan fingerprint density at radius 2 is 1.68 bits per heavy atom. The van der Waals surface area contributed by atoms with Gasteiger partial charge in [-0.25, -0.2) is 4.79 Å². The fraction of sp³-hybridized carbons (Fsp3) is 0.222. The van der Waals surface area contributed by atoms with E-state index in [4.69, 9.17) is 18.9 Å². The molecule has 130 valence electrons. The van der Waals surface area contributed by atoms with Crippen LogP contribution in [0.3, 0.4) is 0 Å². The molecule has 1 aromatic carbocycles. The Kier molecular flexibility index (Phi) is 5.69. The number of carbonyl (C=O) groups excluding carboxylic acids is 1. The molecule has 1 aliphatic carbocycles. The van der Waals surface area contributed by atoms with Crippen LogP contribution in [0.5, 0.6) is 5.75 Å². The molecule has 1 aliphatic rings. The molecule has 2 rings (SSSR count). The van der Waals surface area contributed by atoms with Crippen LogP contribution in [0.1, 0.15) is 0 Å². The molecule has 1 N–H and O–H groups in total. The molecule has 7 heteroatoms. The van der Waals surface area contributed by atoms with Crippen molar-refractivity contribution in [3.05, 3.63) is 58.7 Å². The lowest BCUT2D eigenvalue weighted by Crippen LogP contribution is -2.09. The maximum Gasteiger partial charge on any atom is 0.342 e. The normalized spacial score (nSPS) is 15.1. The molecule has 0 unspecified atom stereocenters. The first-order valence-corrected chi connectivity index (χ1v) is 7.28. The maximum absolute atomic E-state index is 12.2. The van der Waals surface area contributed by atoms with Crippen LogP contribution in [0, 0.1) is 11.3 Å². The molecular formula is C18H18N2O5. The first kappa shape index (κ1) is 17.9. The fourth-order valence-electron chi connectivity index (χ4n) is 2.39. The van der Waals surface area contributed by atoms with Gasteiger partial charge in [0.15, 0.2) is 11.5 Å². The molecule has 0 saturated heterocycles. The van der Waals surface area contributed by atoms with Gasteiger partial charge >= 0.3 is 5.97 Å². The minimum atomic E-state index is -0.626. The lowest BCUT2D eigenvalue weighted by molar-refractivity contribution is -0.136. The number of rotatable bonds is 6. The summed E-state index contributed by atoms with van der Waals surface area (Å²) in [5, 5.41) is 12.5. The Morgan fingerprint density at radius 3 is 2.16 bits per heavy atom. The predicted molar refractivity (Wildman–Crippen MR) is 90.4 cm³/mol. The molecule has 25 heavy (non-hydrogen) atoms. The van der Waals surface area contributed by atoms with Crippen molar-refractivity contribution in [1.29, 1.82) is 5.26 Å². The van der Waals surface area contributed by atoms with Crippen LogP contribution < -0.4 is 10.1 Å². The maximum atomic E-state index is 12.2. The standard InChI is InChI=1S/C18H18N2O5/c1-22-12-7-5-11(6-8-12)20-10-14-13(9-19)16(23-2)17(24-3)15(14)18(21)25-4/h5-8,10,20H,1-4H3/b14-10+. The lowest BCUT2D eigenvalue weighted by Gasteiger charge is -2.08. The molecular weight excluding hydrogens is 324 g/mol. The molecule has 0 bridgehead atoms. The number of nitrogens with one attached hydrogen (secondary N) is 1. The molecule has 0 atom stereocenters. The van der Waals surface area contributed by atoms with Crippen molar-refractivity contribution in [2.75, 3.05) is 33.8 Å². The molecule has 0 saturated carbocycles. The Morgan fingerprint density at radius 1 is 1.04 bits per heavy atom. The summed E-state index contributed by atoms with van der Waals surface area (Å²) in [4.78, 5) is 12.2. The first-order chi connectivity index (χ1) is 12.1. The molecule has 0 heterocycles. The topological polar surface area (TPSA) is 89.8 Å². The molecule has 0 aliphatic heterocycles. The van der Waals surface area contributed by atoms with Crippen molar-refractivity contribution < 1.29 is 23.7 Å². The van der Waals surface area contributed by atoms with E-state index in [1.54, 1.807) is 31.4 Å². The van der Waals surface area contributed by atoms with Crippen molar-refractivity contribution in [3.8, 4) is 11.8 Å². The highest BCUT2D eigenvalue weighted by Gasteiger charge is 2.36. The van der Waals surface area contributed by atoms with Gasteiger partial charge in [-0.15, -0.1) is 0 Å². The summed E-state index contributed by atoms with van der Waals surface area (Å²) in [5.74, 6) is 0.441. The molecule has 7 nitrogen and oxygen atoms in total. The first-order valence-electron chi connectivity index (χ1n) is 7.28. The van der Waals surface area contributed by atoms with E-state index in [9.17, 15) is 10.1 Å². The number of anilines is 1. The third kappa shape index (κ3) is 3.43. The largest absolute Gasteiger partial charge is 0.497 e. The van der Waals surface area contributed by atoms with Gasteiger partial charge in [0, 0.05) is 17.5 Å². The molecule has 0 spiro atoms. The smallest absolute Gasteiger partial charge is 0.342 e. The quantitative estimate of drug-likeness (QED) is 0.794. The number of nitriles is 1. The summed E-state index contributed by atoms with van der Waals surface area (Å²) in [5.41, 5.74) is 1.39. The summed E-state index contributed by atoms with van der Waals surface area (Å²) in [6.45, 7) is 0. The number of esters is 1. The Labute approximate surface area is 145 Å². The van der Waals surface area contributed by atoms with Crippen LogP contribution in [0.2, 0.25) is 0 Å². The number of allylic oxidation sites excluding steroid dienone is 1. The van der Waals surface area contributed by atoms with E-state index in [1.807, 2.05) is 6.07 Å². The van der Waals surface area contributed by atoms with Crippen molar-refractivity contribution in [2.24, 2.45) is 0 Å². The van der Waals surface area contributed by atoms with Crippen LogP contribution >= 0.6 is 0 Å². The Hall–Kier alpha value is -3.40. The van der Waals surface area contributed by atoms with Gasteiger partial charge in [0.05, 0.1) is 28.4 Å². The van der Waals surface area contributed by atoms with Crippen molar-refractivity contribution >= 4 is 11.7 Å². The van der Waals surface area contributed by atoms with Gasteiger partial charge in [0.1, 0.15) is 23.0 Å². The summed E-state index contributed by atoms with van der Waals surface area (Å²) in [6.07, 6.45) is 1.54. The zero-order chi connectivity index (χ0) is 18.4. The van der Waals surface area contributed by atoms with Crippen LogP contribution in [-0.2, 0) is 19.0 Å². The number of methoxy groups -OCH3 is 4. The number of hydrogen-bond donors (Lipinski definition) is 1. The highest BCUT2D eigenvalue weighted by Crippen LogP contribution is 2.38. The Balaban J connectivity index is 2.46. The van der Waals surface area contributed by atoms with Gasteiger partial charge in [-0.2, -0.15) is 5.26 Å². The van der Waals surface area contributed by atoms with Gasteiger partial charge in [0.2, 0.25) is 0 Å². The average Bonchev–Trinajstić information content (AvgIpc) is 2.98. The summed E-state index contributed by atoms with van der Waals surface area (Å²) >= 11 is 0. The molecule has 0 amide bonds. The van der Waals surface area contributed by atoms with E-state index in [-0.39, 0.29) is 22.7 Å². The summed E-state index contributed by atoms with van der Waals surface area (Å²) in [7, 11) is 5.64. The number of nitrogens with zero attached hydrogens (tertiary/aromatic N) is 1. The molecule has 0 fully saturated rings. The van der Waals surface area contributed by atoms with E-state index >= 15 is 0 Å². The summed E-state index contributed by atoms with van der Waals surface area (Å²) < 4.78 is 20.4. The lowest BCUT2D eigenvalue weighted by atomic mass is 10.1. The second-order valence-corrected chi connectivity index (χ2v) is 4.85. The zero-order valence-electron chi connectivity index (χ0n) is 14.4. The van der Waals surface area contributed by atoms with Gasteiger partial charge in [-0.05, 0) is 24.3 Å².